The zero-order valence-electron chi connectivity index (χ0n) is 1.32. The van der Waals surface area contributed by atoms with Crippen molar-refractivity contribution < 1.29 is 53.0 Å². The first-order chi connectivity index (χ1) is 1.00. The van der Waals surface area contributed by atoms with Gasteiger partial charge in [-0.25, -0.2) is 0 Å². The fourth-order valence-electron chi connectivity index (χ4n) is 0. The smallest absolute Gasteiger partial charge is 0 e. The van der Waals surface area contributed by atoms with Gasteiger partial charge in [0.15, 0.2) is 17.4 Å². The van der Waals surface area contributed by atoms with Gasteiger partial charge in [0.25, 0.3) is 0 Å². The van der Waals surface area contributed by atoms with Crippen LogP contribution in [-0.4, -0.2) is 17.4 Å². The summed E-state index contributed by atoms with van der Waals surface area (Å²) in [6, 6.07) is 0. The molecule has 0 radical (unpaired) electrons. The van der Waals surface area contributed by atoms with Crippen LogP contribution in [0.1, 0.15) is 0 Å². The van der Waals surface area contributed by atoms with Crippen LogP contribution in [0.15, 0.2) is 0 Å². The average molecular weight is 226 g/mol. The first-order valence-corrected chi connectivity index (χ1v) is 4.07. The number of hydrogen-bond donors (Lipinski definition) is 0. The monoisotopic (exact) mass is 228 g/mol. The minimum Gasteiger partial charge on any atom is 0 e. The molecule has 0 N–H and O–H groups in total. The van der Waals surface area contributed by atoms with Gasteiger partial charge in [0.2, 0.25) is 0 Å². The van der Waals surface area contributed by atoms with E-state index in [1.54, 1.807) is 0 Å². The molecule has 0 spiro atoms. The third-order valence-electron chi connectivity index (χ3n) is 0. The van der Waals surface area contributed by atoms with Gasteiger partial charge in [0, 0.05) is 21.7 Å². The van der Waals surface area contributed by atoms with Crippen LogP contribution < -0.4 is 0 Å². The first kappa shape index (κ1) is 16.1. The van der Waals surface area contributed by atoms with Crippen molar-refractivity contribution in [1.29, 1.82) is 0 Å². The first-order valence-electron chi connectivity index (χ1n) is 0.167. The molecule has 4 heteroatoms. The molecular formula is H3AlCrMoTi. The number of hydrogen-bond acceptors (Lipinski definition) is 0. The van der Waals surface area contributed by atoms with Gasteiger partial charge in [-0.3, -0.25) is 0 Å². The van der Waals surface area contributed by atoms with Crippen molar-refractivity contribution in [3.63, 3.8) is 0 Å². The van der Waals surface area contributed by atoms with Gasteiger partial charge in [0.05, 0.1) is 0 Å². The van der Waals surface area contributed by atoms with Crippen LogP contribution in [-0.2, 0) is 53.0 Å². The molecule has 0 unspecified atom stereocenters. The van der Waals surface area contributed by atoms with E-state index in [-0.39, 0.29) is 39.1 Å². The molecule has 0 saturated heterocycles. The summed E-state index contributed by atoms with van der Waals surface area (Å²) >= 11 is 4.46. The van der Waals surface area contributed by atoms with E-state index in [1.165, 1.54) is 0 Å². The van der Waals surface area contributed by atoms with Gasteiger partial charge in [-0.1, -0.05) is 0 Å². The van der Waals surface area contributed by atoms with Crippen molar-refractivity contribution in [3.05, 3.63) is 0 Å². The summed E-state index contributed by atoms with van der Waals surface area (Å²) in [5.74, 6) is 0. The Bertz CT molecular complexity index is 8.00. The summed E-state index contributed by atoms with van der Waals surface area (Å²) in [5, 5.41) is 0. The standard InChI is InChI=1S/Al.Cr.Mo.Ti.3H. The van der Waals surface area contributed by atoms with E-state index in [0.29, 0.717) is 0 Å². The molecule has 0 bridgehead atoms. The second-order valence-corrected chi connectivity index (χ2v) is 0. The van der Waals surface area contributed by atoms with Gasteiger partial charge in [-0.05, 0) is 0 Å². The Kier molecular flexibility index (Phi) is 72.0. The van der Waals surface area contributed by atoms with Gasteiger partial charge >= 0.3 is 31.3 Å². The molecule has 0 aliphatic rings. The average Bonchev–Trinajstić information content (AvgIpc) is 1.00. The van der Waals surface area contributed by atoms with Gasteiger partial charge in [-0.15, -0.1) is 0 Å². The van der Waals surface area contributed by atoms with E-state index in [0.717, 1.165) is 0 Å². The zero-order chi connectivity index (χ0) is 2.00. The Hall–Kier alpha value is 2.47. The fourth-order valence-corrected chi connectivity index (χ4v) is 0. The van der Waals surface area contributed by atoms with Crippen molar-refractivity contribution in [3.8, 4) is 0 Å². The van der Waals surface area contributed by atoms with Crippen LogP contribution in [0.25, 0.3) is 0 Å². The van der Waals surface area contributed by atoms with E-state index in [1.807, 2.05) is 17.7 Å². The largest absolute Gasteiger partial charge is 0 e. The second kappa shape index (κ2) is 17.9. The zero-order valence-corrected chi connectivity index (χ0v) is 6.16. The minimum atomic E-state index is 0. The molecule has 0 aliphatic carbocycles. The third kappa shape index (κ3) is 8.82. The maximum atomic E-state index is 2.64. The molecule has 0 saturated carbocycles. The summed E-state index contributed by atoms with van der Waals surface area (Å²) in [7, 11) is 0. The molecule has 4 heavy (non-hydrogen) atoms. The third-order valence-corrected chi connectivity index (χ3v) is 0. The SMILES string of the molecule is [AlH3].[Cr][Mo].[Ti]. The molecule has 0 amide bonds. The van der Waals surface area contributed by atoms with Gasteiger partial charge < -0.3 is 0 Å². The Labute approximate surface area is 69.4 Å². The van der Waals surface area contributed by atoms with Crippen LogP contribution in [0.2, 0.25) is 0 Å². The quantitative estimate of drug-likeness (QED) is 0.455. The van der Waals surface area contributed by atoms with Crippen molar-refractivity contribution in [1.82, 2.24) is 0 Å². The number of rotatable bonds is 0. The van der Waals surface area contributed by atoms with E-state index in [9.17, 15) is 0 Å². The molecule has 0 aromatic heterocycles. The molecule has 0 aliphatic heterocycles. The summed E-state index contributed by atoms with van der Waals surface area (Å²) in [5.41, 5.74) is 0. The van der Waals surface area contributed by atoms with Crippen LogP contribution in [0, 0.1) is 0 Å². The Balaban J connectivity index is -0.00000000500. The summed E-state index contributed by atoms with van der Waals surface area (Å²) in [6.07, 6.45) is 0. The summed E-state index contributed by atoms with van der Waals surface area (Å²) in [4.78, 5) is 0. The maximum Gasteiger partial charge on any atom is 0 e. The normalized spacial score (nSPS) is 1.00. The Morgan fingerprint density at radius 3 is 1.25 bits per heavy atom. The maximum absolute atomic E-state index is 2.64. The molecule has 0 aromatic carbocycles. The molecule has 0 fully saturated rings. The molecule has 0 heterocycles. The topological polar surface area (TPSA) is 0 Å². The molecule has 22 valence electrons. The van der Waals surface area contributed by atoms with Crippen molar-refractivity contribution in [2.75, 3.05) is 0 Å². The van der Waals surface area contributed by atoms with E-state index < -0.39 is 0 Å². The van der Waals surface area contributed by atoms with Crippen LogP contribution in [0.3, 0.4) is 0 Å². The molecule has 0 nitrogen and oxygen atoms in total. The molecule has 0 atom stereocenters. The van der Waals surface area contributed by atoms with E-state index in [2.05, 4.69) is 13.6 Å². The van der Waals surface area contributed by atoms with Gasteiger partial charge in [-0.2, -0.15) is 0 Å². The summed E-state index contributed by atoms with van der Waals surface area (Å²) in [6.45, 7) is 0. The van der Waals surface area contributed by atoms with Crippen LogP contribution in [0.4, 0.5) is 0 Å². The predicted molar refractivity (Wildman–Crippen MR) is 9.94 cm³/mol. The molecule has 0 rings (SSSR count). The fraction of sp³-hybridized carbons (Fsp3) is 0. The van der Waals surface area contributed by atoms with Crippen LogP contribution in [0.5, 0.6) is 0 Å². The Morgan fingerprint density at radius 1 is 1.25 bits per heavy atom. The van der Waals surface area contributed by atoms with Crippen molar-refractivity contribution >= 4 is 17.4 Å². The minimum absolute atomic E-state index is 0. The van der Waals surface area contributed by atoms with Crippen molar-refractivity contribution in [2.24, 2.45) is 0 Å². The second-order valence-electron chi connectivity index (χ2n) is 0. The van der Waals surface area contributed by atoms with E-state index in [4.69, 9.17) is 0 Å². The van der Waals surface area contributed by atoms with Crippen molar-refractivity contribution in [2.45, 2.75) is 0 Å². The van der Waals surface area contributed by atoms with Gasteiger partial charge in [0.1, 0.15) is 0 Å². The summed E-state index contributed by atoms with van der Waals surface area (Å²) < 4.78 is 0. The van der Waals surface area contributed by atoms with Crippen LogP contribution >= 0.6 is 0 Å². The molecule has 0 aromatic rings. The Morgan fingerprint density at radius 2 is 1.25 bits per heavy atom. The van der Waals surface area contributed by atoms with E-state index >= 15 is 0 Å². The predicted octanol–water partition coefficient (Wildman–Crippen LogP) is -1.19. The molecular weight excluding hydrogens is 223 g/mol.